The van der Waals surface area contributed by atoms with Crippen molar-refractivity contribution in [2.24, 2.45) is 5.92 Å². The van der Waals surface area contributed by atoms with Gasteiger partial charge in [-0.15, -0.1) is 0 Å². The largest absolute Gasteiger partial charge is 0.481 e. The molecule has 1 saturated carbocycles. The molecule has 120 valence electrons. The van der Waals surface area contributed by atoms with Crippen molar-refractivity contribution in [3.8, 4) is 0 Å². The molecule has 3 rings (SSSR count). The van der Waals surface area contributed by atoms with Crippen LogP contribution in [0.2, 0.25) is 0 Å². The van der Waals surface area contributed by atoms with Gasteiger partial charge in [0.1, 0.15) is 5.69 Å². The monoisotopic (exact) mass is 313 g/mol. The molecule has 1 aliphatic rings. The summed E-state index contributed by atoms with van der Waals surface area (Å²) < 4.78 is 0. The van der Waals surface area contributed by atoms with Crippen LogP contribution in [0.3, 0.4) is 0 Å². The maximum absolute atomic E-state index is 12.5. The van der Waals surface area contributed by atoms with Crippen LogP contribution in [0.15, 0.2) is 30.5 Å². The van der Waals surface area contributed by atoms with E-state index in [4.69, 9.17) is 0 Å². The number of carboxylic acids is 1. The molecule has 6 heteroatoms. The van der Waals surface area contributed by atoms with Crippen LogP contribution in [0.25, 0.3) is 11.0 Å². The van der Waals surface area contributed by atoms with Gasteiger partial charge in [0.15, 0.2) is 0 Å². The minimum absolute atomic E-state index is 0.208. The number of fused-ring (bicyclic) bond motifs is 1. The Labute approximate surface area is 133 Å². The Kier molecular flexibility index (Phi) is 3.98. The summed E-state index contributed by atoms with van der Waals surface area (Å²) in [6, 6.07) is 7.31. The van der Waals surface area contributed by atoms with Crippen LogP contribution in [0.4, 0.5) is 0 Å². The van der Waals surface area contributed by atoms with Gasteiger partial charge in [-0.1, -0.05) is 25.0 Å². The predicted molar refractivity (Wildman–Crippen MR) is 85.0 cm³/mol. The Bertz CT molecular complexity index is 762. The van der Waals surface area contributed by atoms with E-state index in [9.17, 15) is 14.7 Å². The second-order valence-corrected chi connectivity index (χ2v) is 6.25. The van der Waals surface area contributed by atoms with Gasteiger partial charge in [0.2, 0.25) is 0 Å². The summed E-state index contributed by atoms with van der Waals surface area (Å²) in [5, 5.41) is 12.3. The molecule has 2 N–H and O–H groups in total. The second kappa shape index (κ2) is 5.95. The van der Waals surface area contributed by atoms with Gasteiger partial charge in [-0.3, -0.25) is 14.6 Å². The normalized spacial score (nSPS) is 24.3. The van der Waals surface area contributed by atoms with E-state index in [0.717, 1.165) is 18.4 Å². The summed E-state index contributed by atoms with van der Waals surface area (Å²) in [6.07, 6.45) is 4.44. The van der Waals surface area contributed by atoms with Crippen molar-refractivity contribution in [3.63, 3.8) is 0 Å². The second-order valence-electron chi connectivity index (χ2n) is 6.25. The first-order chi connectivity index (χ1) is 11.0. The topological polar surface area (TPSA) is 92.2 Å². The molecule has 6 nitrogen and oxygen atoms in total. The van der Waals surface area contributed by atoms with Crippen molar-refractivity contribution in [2.45, 2.75) is 38.1 Å². The third kappa shape index (κ3) is 3.02. The van der Waals surface area contributed by atoms with Crippen LogP contribution in [0, 0.1) is 5.92 Å². The smallest absolute Gasteiger partial charge is 0.308 e. The van der Waals surface area contributed by atoms with Crippen LogP contribution in [0.1, 0.15) is 43.1 Å². The van der Waals surface area contributed by atoms with Gasteiger partial charge in [-0.2, -0.15) is 0 Å². The molecular weight excluding hydrogens is 294 g/mol. The van der Waals surface area contributed by atoms with E-state index in [0.29, 0.717) is 18.4 Å². The number of benzene rings is 1. The molecule has 23 heavy (non-hydrogen) atoms. The minimum atomic E-state index is -0.864. The summed E-state index contributed by atoms with van der Waals surface area (Å²) in [5.41, 5.74) is 0.814. The van der Waals surface area contributed by atoms with Crippen LogP contribution in [-0.2, 0) is 4.79 Å². The van der Waals surface area contributed by atoms with Gasteiger partial charge in [0.05, 0.1) is 28.7 Å². The Morgan fingerprint density at radius 1 is 1.26 bits per heavy atom. The van der Waals surface area contributed by atoms with Crippen molar-refractivity contribution in [1.82, 2.24) is 15.3 Å². The lowest BCUT2D eigenvalue weighted by atomic mass is 9.74. The fraction of sp³-hybridized carbons (Fsp3) is 0.412. The van der Waals surface area contributed by atoms with E-state index >= 15 is 0 Å². The fourth-order valence-electron chi connectivity index (χ4n) is 3.27. The summed E-state index contributed by atoms with van der Waals surface area (Å²) in [7, 11) is 0. The summed E-state index contributed by atoms with van der Waals surface area (Å²) >= 11 is 0. The standard InChI is InChI=1S/C17H19N3O3/c1-17(9-5-4-6-11(17)16(22)23)20-15(21)14-10-18-12-7-2-3-8-13(12)19-14/h2-3,7-8,10-11H,4-6,9H2,1H3,(H,20,21)(H,22,23). The molecule has 1 heterocycles. The quantitative estimate of drug-likeness (QED) is 0.907. The van der Waals surface area contributed by atoms with E-state index in [1.165, 1.54) is 6.20 Å². The molecule has 2 unspecified atom stereocenters. The molecule has 0 spiro atoms. The lowest BCUT2D eigenvalue weighted by molar-refractivity contribution is -0.145. The zero-order valence-corrected chi connectivity index (χ0v) is 13.0. The van der Waals surface area contributed by atoms with Crippen LogP contribution < -0.4 is 5.32 Å². The average molecular weight is 313 g/mol. The molecule has 2 atom stereocenters. The van der Waals surface area contributed by atoms with Crippen LogP contribution in [0.5, 0.6) is 0 Å². The van der Waals surface area contributed by atoms with Gasteiger partial charge in [0, 0.05) is 0 Å². The van der Waals surface area contributed by atoms with Gasteiger partial charge in [-0.25, -0.2) is 4.98 Å². The molecule has 0 radical (unpaired) electrons. The summed E-state index contributed by atoms with van der Waals surface area (Å²) in [5.74, 6) is -1.82. The molecule has 0 aliphatic heterocycles. The maximum atomic E-state index is 12.5. The Balaban J connectivity index is 1.85. The van der Waals surface area contributed by atoms with Crippen LogP contribution in [-0.4, -0.2) is 32.5 Å². The Morgan fingerprint density at radius 3 is 2.74 bits per heavy atom. The lowest BCUT2D eigenvalue weighted by Crippen LogP contribution is -2.55. The highest BCUT2D eigenvalue weighted by molar-refractivity contribution is 5.94. The minimum Gasteiger partial charge on any atom is -0.481 e. The number of hydrogen-bond donors (Lipinski definition) is 2. The zero-order chi connectivity index (χ0) is 16.4. The highest BCUT2D eigenvalue weighted by atomic mass is 16.4. The first kappa shape index (κ1) is 15.4. The number of amides is 1. The van der Waals surface area contributed by atoms with Gasteiger partial charge >= 0.3 is 5.97 Å². The molecular formula is C17H19N3O3. The molecule has 0 saturated heterocycles. The number of carboxylic acid groups (broad SMARTS) is 1. The van der Waals surface area contributed by atoms with Crippen molar-refractivity contribution >= 4 is 22.9 Å². The average Bonchev–Trinajstić information content (AvgIpc) is 2.54. The predicted octanol–water partition coefficient (Wildman–Crippen LogP) is 2.39. The number of nitrogens with zero attached hydrogens (tertiary/aromatic N) is 2. The van der Waals surface area contributed by atoms with Crippen LogP contribution >= 0.6 is 0 Å². The number of rotatable bonds is 3. The van der Waals surface area contributed by atoms with Crippen molar-refractivity contribution in [1.29, 1.82) is 0 Å². The zero-order valence-electron chi connectivity index (χ0n) is 13.0. The molecule has 1 aromatic heterocycles. The number of para-hydroxylation sites is 2. The number of aromatic nitrogens is 2. The third-order valence-electron chi connectivity index (χ3n) is 4.59. The Hall–Kier alpha value is -2.50. The lowest BCUT2D eigenvalue weighted by Gasteiger charge is -2.39. The molecule has 0 bridgehead atoms. The van der Waals surface area contributed by atoms with E-state index in [-0.39, 0.29) is 11.6 Å². The molecule has 1 amide bonds. The maximum Gasteiger partial charge on any atom is 0.308 e. The van der Waals surface area contributed by atoms with E-state index in [1.807, 2.05) is 18.2 Å². The van der Waals surface area contributed by atoms with Gasteiger partial charge < -0.3 is 10.4 Å². The molecule has 1 aromatic carbocycles. The fourth-order valence-corrected chi connectivity index (χ4v) is 3.27. The SMILES string of the molecule is CC1(NC(=O)c2cnc3ccccc3n2)CCCCC1C(=O)O. The molecule has 1 aliphatic carbocycles. The summed E-state index contributed by atoms with van der Waals surface area (Å²) in [6.45, 7) is 1.80. The van der Waals surface area contributed by atoms with Gasteiger partial charge in [-0.05, 0) is 31.9 Å². The van der Waals surface area contributed by atoms with E-state index in [1.54, 1.807) is 13.0 Å². The number of carbonyl (C=O) groups is 2. The third-order valence-corrected chi connectivity index (χ3v) is 4.59. The number of aliphatic carboxylic acids is 1. The molecule has 1 fully saturated rings. The van der Waals surface area contributed by atoms with E-state index < -0.39 is 17.4 Å². The summed E-state index contributed by atoms with van der Waals surface area (Å²) in [4.78, 5) is 32.6. The highest BCUT2D eigenvalue weighted by Crippen LogP contribution is 2.34. The van der Waals surface area contributed by atoms with Gasteiger partial charge in [0.25, 0.3) is 5.91 Å². The number of carbonyl (C=O) groups excluding carboxylic acids is 1. The highest BCUT2D eigenvalue weighted by Gasteiger charge is 2.42. The first-order valence-corrected chi connectivity index (χ1v) is 7.77. The molecule has 2 aromatic rings. The Morgan fingerprint density at radius 2 is 2.00 bits per heavy atom. The van der Waals surface area contributed by atoms with Crippen molar-refractivity contribution in [3.05, 3.63) is 36.2 Å². The number of nitrogens with one attached hydrogen (secondary N) is 1. The van der Waals surface area contributed by atoms with Crippen molar-refractivity contribution in [2.75, 3.05) is 0 Å². The first-order valence-electron chi connectivity index (χ1n) is 7.77. The van der Waals surface area contributed by atoms with E-state index in [2.05, 4.69) is 15.3 Å². The van der Waals surface area contributed by atoms with Crippen molar-refractivity contribution < 1.29 is 14.7 Å². The number of hydrogen-bond acceptors (Lipinski definition) is 4.